The van der Waals surface area contributed by atoms with Crippen molar-refractivity contribution in [3.05, 3.63) is 35.1 Å². The van der Waals surface area contributed by atoms with Gasteiger partial charge in [-0.2, -0.15) is 15.0 Å². The van der Waals surface area contributed by atoms with Crippen LogP contribution in [0.1, 0.15) is 0 Å². The molecule has 2 rings (SSSR count). The van der Waals surface area contributed by atoms with E-state index >= 15 is 0 Å². The first kappa shape index (κ1) is 11.5. The van der Waals surface area contributed by atoms with E-state index in [1.54, 1.807) is 0 Å². The Morgan fingerprint density at radius 1 is 1.18 bits per heavy atom. The molecule has 0 aliphatic rings. The molecule has 0 fully saturated rings. The minimum absolute atomic E-state index is 0.0630. The highest BCUT2D eigenvalue weighted by Gasteiger charge is 2.07. The van der Waals surface area contributed by atoms with Crippen LogP contribution in [-0.2, 0) is 0 Å². The molecule has 0 unspecified atom stereocenters. The SMILES string of the molecule is Nc1nc(Cl)nc(Nc2cc(F)ccc2F)n1. The molecular formula is C9H6ClF2N5. The van der Waals surface area contributed by atoms with E-state index in [4.69, 9.17) is 17.3 Å². The van der Waals surface area contributed by atoms with Crippen LogP contribution in [0.4, 0.5) is 26.4 Å². The van der Waals surface area contributed by atoms with Gasteiger partial charge in [-0.05, 0) is 23.7 Å². The second-order valence-corrected chi connectivity index (χ2v) is 3.37. The van der Waals surface area contributed by atoms with Crippen molar-refractivity contribution in [1.82, 2.24) is 15.0 Å². The molecule has 0 aliphatic heterocycles. The number of nitrogens with two attached hydrogens (primary N) is 1. The third-order valence-electron chi connectivity index (χ3n) is 1.80. The highest BCUT2D eigenvalue weighted by molar-refractivity contribution is 6.28. The van der Waals surface area contributed by atoms with Crippen LogP contribution in [0.25, 0.3) is 0 Å². The molecule has 3 N–H and O–H groups in total. The molecule has 0 spiro atoms. The molecule has 0 atom stereocenters. The van der Waals surface area contributed by atoms with Crippen molar-refractivity contribution in [2.45, 2.75) is 0 Å². The van der Waals surface area contributed by atoms with E-state index < -0.39 is 11.6 Å². The van der Waals surface area contributed by atoms with Gasteiger partial charge in [0.05, 0.1) is 5.69 Å². The van der Waals surface area contributed by atoms with Crippen molar-refractivity contribution in [2.75, 3.05) is 11.1 Å². The Kier molecular flexibility index (Phi) is 3.01. The number of hydrogen-bond donors (Lipinski definition) is 2. The Hall–Kier alpha value is -2.02. The van der Waals surface area contributed by atoms with Gasteiger partial charge in [0.25, 0.3) is 0 Å². The van der Waals surface area contributed by atoms with Crippen LogP contribution < -0.4 is 11.1 Å². The molecule has 8 heteroatoms. The maximum absolute atomic E-state index is 13.3. The van der Waals surface area contributed by atoms with Gasteiger partial charge < -0.3 is 11.1 Å². The Bertz CT molecular complexity index is 543. The monoisotopic (exact) mass is 257 g/mol. The maximum Gasteiger partial charge on any atom is 0.233 e. The van der Waals surface area contributed by atoms with Crippen LogP contribution in [0.3, 0.4) is 0 Å². The topological polar surface area (TPSA) is 76.7 Å². The quantitative estimate of drug-likeness (QED) is 0.862. The minimum Gasteiger partial charge on any atom is -0.368 e. The summed E-state index contributed by atoms with van der Waals surface area (Å²) in [6, 6.07) is 2.93. The summed E-state index contributed by atoms with van der Waals surface area (Å²) in [6.07, 6.45) is 0. The Labute approximate surface area is 99.7 Å². The molecule has 1 aromatic heterocycles. The number of halogens is 3. The van der Waals surface area contributed by atoms with Gasteiger partial charge >= 0.3 is 0 Å². The Morgan fingerprint density at radius 3 is 2.65 bits per heavy atom. The molecule has 1 heterocycles. The van der Waals surface area contributed by atoms with Gasteiger partial charge in [0.2, 0.25) is 17.2 Å². The van der Waals surface area contributed by atoms with Gasteiger partial charge in [-0.1, -0.05) is 0 Å². The highest BCUT2D eigenvalue weighted by atomic mass is 35.5. The number of anilines is 3. The maximum atomic E-state index is 13.3. The number of hydrogen-bond acceptors (Lipinski definition) is 5. The second kappa shape index (κ2) is 4.46. The average Bonchev–Trinajstić information content (AvgIpc) is 2.22. The largest absolute Gasteiger partial charge is 0.368 e. The number of nitrogens with one attached hydrogen (secondary N) is 1. The molecule has 1 aromatic carbocycles. The Morgan fingerprint density at radius 2 is 1.94 bits per heavy atom. The van der Waals surface area contributed by atoms with Gasteiger partial charge in [0.15, 0.2) is 0 Å². The summed E-state index contributed by atoms with van der Waals surface area (Å²) in [5, 5.41) is 2.31. The molecular weight excluding hydrogens is 252 g/mol. The lowest BCUT2D eigenvalue weighted by Gasteiger charge is -2.06. The summed E-state index contributed by atoms with van der Waals surface area (Å²) < 4.78 is 26.2. The molecule has 17 heavy (non-hydrogen) atoms. The van der Waals surface area contributed by atoms with Crippen molar-refractivity contribution in [1.29, 1.82) is 0 Å². The minimum atomic E-state index is -0.651. The predicted octanol–water partition coefficient (Wildman–Crippen LogP) is 2.13. The summed E-state index contributed by atoms with van der Waals surface area (Å²) >= 11 is 5.54. The summed E-state index contributed by atoms with van der Waals surface area (Å²) in [7, 11) is 0. The molecule has 0 aliphatic carbocycles. The van der Waals surface area contributed by atoms with Crippen LogP contribution in [0.5, 0.6) is 0 Å². The van der Waals surface area contributed by atoms with Crippen LogP contribution in [-0.4, -0.2) is 15.0 Å². The molecule has 0 bridgehead atoms. The van der Waals surface area contributed by atoms with Crippen LogP contribution in [0.15, 0.2) is 18.2 Å². The third-order valence-corrected chi connectivity index (χ3v) is 1.97. The fraction of sp³-hybridized carbons (Fsp3) is 0. The van der Waals surface area contributed by atoms with E-state index in [-0.39, 0.29) is 22.9 Å². The average molecular weight is 258 g/mol. The first-order chi connectivity index (χ1) is 8.04. The van der Waals surface area contributed by atoms with Gasteiger partial charge in [-0.3, -0.25) is 0 Å². The Balaban J connectivity index is 2.34. The van der Waals surface area contributed by atoms with E-state index in [1.165, 1.54) is 0 Å². The van der Waals surface area contributed by atoms with Crippen molar-refractivity contribution in [3.8, 4) is 0 Å². The number of nitrogens with zero attached hydrogens (tertiary/aromatic N) is 3. The normalized spacial score (nSPS) is 10.3. The van der Waals surface area contributed by atoms with Crippen molar-refractivity contribution in [2.24, 2.45) is 0 Å². The standard InChI is InChI=1S/C9H6ClF2N5/c10-7-15-8(13)17-9(16-7)14-6-3-4(11)1-2-5(6)12/h1-3H,(H3,13,14,15,16,17). The summed E-state index contributed by atoms with van der Waals surface area (Å²) in [6.45, 7) is 0. The highest BCUT2D eigenvalue weighted by Crippen LogP contribution is 2.19. The summed E-state index contributed by atoms with van der Waals surface area (Å²) in [4.78, 5) is 10.9. The van der Waals surface area contributed by atoms with Gasteiger partial charge in [0.1, 0.15) is 11.6 Å². The summed E-state index contributed by atoms with van der Waals surface area (Å²) in [5.41, 5.74) is 5.21. The molecule has 0 radical (unpaired) electrons. The molecule has 0 saturated heterocycles. The van der Waals surface area contributed by atoms with E-state index in [0.29, 0.717) is 0 Å². The smallest absolute Gasteiger partial charge is 0.233 e. The van der Waals surface area contributed by atoms with Gasteiger partial charge in [0, 0.05) is 6.07 Å². The van der Waals surface area contributed by atoms with Crippen molar-refractivity contribution < 1.29 is 8.78 Å². The number of benzene rings is 1. The molecule has 88 valence electrons. The van der Waals surface area contributed by atoms with E-state index in [2.05, 4.69) is 20.3 Å². The fourth-order valence-electron chi connectivity index (χ4n) is 1.14. The lowest BCUT2D eigenvalue weighted by atomic mass is 10.3. The number of nitrogen functional groups attached to an aromatic ring is 1. The third kappa shape index (κ3) is 2.76. The predicted molar refractivity (Wildman–Crippen MR) is 58.9 cm³/mol. The molecule has 5 nitrogen and oxygen atoms in total. The molecule has 2 aromatic rings. The van der Waals surface area contributed by atoms with E-state index in [1.807, 2.05) is 0 Å². The molecule has 0 amide bonds. The first-order valence-corrected chi connectivity index (χ1v) is 4.81. The zero-order chi connectivity index (χ0) is 12.4. The number of aromatic nitrogens is 3. The van der Waals surface area contributed by atoms with Crippen LogP contribution >= 0.6 is 11.6 Å². The number of rotatable bonds is 2. The lowest BCUT2D eigenvalue weighted by Crippen LogP contribution is -2.04. The first-order valence-electron chi connectivity index (χ1n) is 4.44. The van der Waals surface area contributed by atoms with E-state index in [0.717, 1.165) is 18.2 Å². The zero-order valence-corrected chi connectivity index (χ0v) is 9.04. The second-order valence-electron chi connectivity index (χ2n) is 3.04. The van der Waals surface area contributed by atoms with Crippen molar-refractivity contribution in [3.63, 3.8) is 0 Å². The fourth-order valence-corrected chi connectivity index (χ4v) is 1.30. The lowest BCUT2D eigenvalue weighted by molar-refractivity contribution is 0.603. The molecule has 0 saturated carbocycles. The van der Waals surface area contributed by atoms with E-state index in [9.17, 15) is 8.78 Å². The zero-order valence-electron chi connectivity index (χ0n) is 8.28. The van der Waals surface area contributed by atoms with Crippen molar-refractivity contribution >= 4 is 29.2 Å². The van der Waals surface area contributed by atoms with Gasteiger partial charge in [-0.25, -0.2) is 8.78 Å². The van der Waals surface area contributed by atoms with Gasteiger partial charge in [-0.15, -0.1) is 0 Å². The van der Waals surface area contributed by atoms with Crippen LogP contribution in [0.2, 0.25) is 5.28 Å². The summed E-state index contributed by atoms with van der Waals surface area (Å²) in [5.74, 6) is -1.43. The van der Waals surface area contributed by atoms with Crippen LogP contribution in [0, 0.1) is 11.6 Å².